The first-order chi connectivity index (χ1) is 9.24. The van der Waals surface area contributed by atoms with Crippen molar-refractivity contribution in [1.82, 2.24) is 4.98 Å². The molecule has 0 saturated carbocycles. The van der Waals surface area contributed by atoms with Crippen LogP contribution in [0, 0.1) is 0 Å². The standard InChI is InChI=1S/C15H16ClN3/c16-14-8-18-6-5-12(14)9-19-10-13(17)7-11-3-1-2-4-15(11)19/h1-6,8,13H,7,9-10,17H2. The summed E-state index contributed by atoms with van der Waals surface area (Å²) in [7, 11) is 0. The van der Waals surface area contributed by atoms with E-state index in [4.69, 9.17) is 17.3 Å². The first-order valence-corrected chi connectivity index (χ1v) is 6.78. The maximum atomic E-state index is 6.19. The number of pyridine rings is 1. The molecular weight excluding hydrogens is 258 g/mol. The highest BCUT2D eigenvalue weighted by Gasteiger charge is 2.22. The topological polar surface area (TPSA) is 42.1 Å². The second kappa shape index (κ2) is 5.19. The van der Waals surface area contributed by atoms with Gasteiger partial charge < -0.3 is 10.6 Å². The summed E-state index contributed by atoms with van der Waals surface area (Å²) in [5, 5.41) is 0.708. The zero-order valence-corrected chi connectivity index (χ0v) is 11.3. The molecule has 0 aliphatic carbocycles. The highest BCUT2D eigenvalue weighted by atomic mass is 35.5. The SMILES string of the molecule is NC1Cc2ccccc2N(Cc2ccncc2Cl)C1. The highest BCUT2D eigenvalue weighted by molar-refractivity contribution is 6.31. The molecule has 4 heteroatoms. The van der Waals surface area contributed by atoms with Crippen LogP contribution in [0.2, 0.25) is 5.02 Å². The van der Waals surface area contributed by atoms with Crippen molar-refractivity contribution < 1.29 is 0 Å². The molecule has 3 rings (SSSR count). The summed E-state index contributed by atoms with van der Waals surface area (Å²) < 4.78 is 0. The summed E-state index contributed by atoms with van der Waals surface area (Å²) in [6, 6.07) is 10.6. The number of anilines is 1. The largest absolute Gasteiger partial charge is 0.365 e. The second-order valence-electron chi connectivity index (χ2n) is 4.94. The predicted molar refractivity (Wildman–Crippen MR) is 78.4 cm³/mol. The second-order valence-corrected chi connectivity index (χ2v) is 5.35. The Balaban J connectivity index is 1.91. The van der Waals surface area contributed by atoms with Crippen molar-refractivity contribution >= 4 is 17.3 Å². The van der Waals surface area contributed by atoms with E-state index in [1.54, 1.807) is 12.4 Å². The maximum Gasteiger partial charge on any atom is 0.0639 e. The number of nitrogens with zero attached hydrogens (tertiary/aromatic N) is 2. The molecule has 0 spiro atoms. The highest BCUT2D eigenvalue weighted by Crippen LogP contribution is 2.28. The average molecular weight is 274 g/mol. The molecule has 1 unspecified atom stereocenters. The zero-order chi connectivity index (χ0) is 13.2. The van der Waals surface area contributed by atoms with Crippen molar-refractivity contribution in [1.29, 1.82) is 0 Å². The quantitative estimate of drug-likeness (QED) is 0.915. The molecule has 1 aromatic heterocycles. The number of hydrogen-bond acceptors (Lipinski definition) is 3. The Labute approximate surface area is 118 Å². The van der Waals surface area contributed by atoms with Gasteiger partial charge in [-0.1, -0.05) is 29.8 Å². The van der Waals surface area contributed by atoms with E-state index in [0.717, 1.165) is 25.1 Å². The lowest BCUT2D eigenvalue weighted by molar-refractivity contribution is 0.599. The maximum absolute atomic E-state index is 6.19. The van der Waals surface area contributed by atoms with Gasteiger partial charge in [0.1, 0.15) is 0 Å². The summed E-state index contributed by atoms with van der Waals surface area (Å²) in [5.74, 6) is 0. The van der Waals surface area contributed by atoms with Gasteiger partial charge in [-0.05, 0) is 29.7 Å². The fourth-order valence-corrected chi connectivity index (χ4v) is 2.79. The molecule has 1 aliphatic heterocycles. The van der Waals surface area contributed by atoms with Crippen LogP contribution in [0.15, 0.2) is 42.7 Å². The first kappa shape index (κ1) is 12.5. The molecule has 1 atom stereocenters. The number of halogens is 1. The Morgan fingerprint density at radius 1 is 1.32 bits per heavy atom. The van der Waals surface area contributed by atoms with Crippen LogP contribution in [0.1, 0.15) is 11.1 Å². The van der Waals surface area contributed by atoms with E-state index in [1.807, 2.05) is 6.07 Å². The van der Waals surface area contributed by atoms with E-state index in [-0.39, 0.29) is 6.04 Å². The van der Waals surface area contributed by atoms with Gasteiger partial charge in [-0.15, -0.1) is 0 Å². The number of aromatic nitrogens is 1. The van der Waals surface area contributed by atoms with E-state index in [0.29, 0.717) is 5.02 Å². The van der Waals surface area contributed by atoms with Gasteiger partial charge >= 0.3 is 0 Å². The molecule has 0 fully saturated rings. The molecule has 1 aliphatic rings. The minimum atomic E-state index is 0.176. The van der Waals surface area contributed by atoms with Gasteiger partial charge in [0.25, 0.3) is 0 Å². The van der Waals surface area contributed by atoms with Crippen LogP contribution in [0.5, 0.6) is 0 Å². The lowest BCUT2D eigenvalue weighted by Gasteiger charge is -2.34. The molecule has 3 nitrogen and oxygen atoms in total. The lowest BCUT2D eigenvalue weighted by Crippen LogP contribution is -2.42. The van der Waals surface area contributed by atoms with Crippen molar-refractivity contribution in [3.05, 3.63) is 58.9 Å². The van der Waals surface area contributed by atoms with Gasteiger partial charge in [0.05, 0.1) is 5.02 Å². The Hall–Kier alpha value is -1.58. The third kappa shape index (κ3) is 2.57. The Kier molecular flexibility index (Phi) is 3.40. The van der Waals surface area contributed by atoms with Crippen LogP contribution in [0.25, 0.3) is 0 Å². The molecule has 0 radical (unpaired) electrons. The number of fused-ring (bicyclic) bond motifs is 1. The molecule has 2 aromatic rings. The molecule has 0 saturated heterocycles. The van der Waals surface area contributed by atoms with Crippen molar-refractivity contribution in [2.75, 3.05) is 11.4 Å². The van der Waals surface area contributed by atoms with E-state index in [1.165, 1.54) is 11.3 Å². The summed E-state index contributed by atoms with van der Waals surface area (Å²) in [4.78, 5) is 6.32. The number of rotatable bonds is 2. The first-order valence-electron chi connectivity index (χ1n) is 6.41. The van der Waals surface area contributed by atoms with Crippen LogP contribution in [0.4, 0.5) is 5.69 Å². The van der Waals surface area contributed by atoms with Gasteiger partial charge in [0.15, 0.2) is 0 Å². The molecule has 0 bridgehead atoms. The summed E-state index contributed by atoms with van der Waals surface area (Å²) in [5.41, 5.74) is 9.80. The fraction of sp³-hybridized carbons (Fsp3) is 0.267. The number of benzene rings is 1. The normalized spacial score (nSPS) is 18.2. The fourth-order valence-electron chi connectivity index (χ4n) is 2.61. The van der Waals surface area contributed by atoms with Crippen molar-refractivity contribution in [2.45, 2.75) is 19.0 Å². The number of nitrogens with two attached hydrogens (primary N) is 1. The minimum absolute atomic E-state index is 0.176. The third-order valence-corrected chi connectivity index (χ3v) is 3.83. The van der Waals surface area contributed by atoms with Gasteiger partial charge in [0.2, 0.25) is 0 Å². The van der Waals surface area contributed by atoms with E-state index in [9.17, 15) is 0 Å². The number of para-hydroxylation sites is 1. The van der Waals surface area contributed by atoms with Crippen molar-refractivity contribution in [3.8, 4) is 0 Å². The van der Waals surface area contributed by atoms with Crippen LogP contribution in [0.3, 0.4) is 0 Å². The van der Waals surface area contributed by atoms with E-state index in [2.05, 4.69) is 34.1 Å². The molecule has 98 valence electrons. The molecule has 2 heterocycles. The average Bonchev–Trinajstić information content (AvgIpc) is 2.41. The molecule has 2 N–H and O–H groups in total. The zero-order valence-electron chi connectivity index (χ0n) is 10.6. The van der Waals surface area contributed by atoms with E-state index < -0.39 is 0 Å². The van der Waals surface area contributed by atoms with Crippen molar-refractivity contribution in [2.24, 2.45) is 5.73 Å². The van der Waals surface area contributed by atoms with Crippen molar-refractivity contribution in [3.63, 3.8) is 0 Å². The lowest BCUT2D eigenvalue weighted by atomic mass is 9.98. The van der Waals surface area contributed by atoms with E-state index >= 15 is 0 Å². The van der Waals surface area contributed by atoms with Crippen LogP contribution in [-0.4, -0.2) is 17.6 Å². The smallest absolute Gasteiger partial charge is 0.0639 e. The van der Waals surface area contributed by atoms with Gasteiger partial charge in [0, 0.05) is 37.2 Å². The van der Waals surface area contributed by atoms with Crippen LogP contribution in [-0.2, 0) is 13.0 Å². The molecule has 1 aromatic carbocycles. The minimum Gasteiger partial charge on any atom is -0.365 e. The van der Waals surface area contributed by atoms with Crippen LogP contribution < -0.4 is 10.6 Å². The monoisotopic (exact) mass is 273 g/mol. The van der Waals surface area contributed by atoms with Gasteiger partial charge in [-0.25, -0.2) is 0 Å². The summed E-state index contributed by atoms with van der Waals surface area (Å²) >= 11 is 6.19. The van der Waals surface area contributed by atoms with Crippen LogP contribution >= 0.6 is 11.6 Å². The Morgan fingerprint density at radius 3 is 3.00 bits per heavy atom. The number of hydrogen-bond donors (Lipinski definition) is 1. The summed E-state index contributed by atoms with van der Waals surface area (Å²) in [6.45, 7) is 1.63. The third-order valence-electron chi connectivity index (χ3n) is 3.49. The van der Waals surface area contributed by atoms with Gasteiger partial charge in [-0.3, -0.25) is 4.98 Å². The van der Waals surface area contributed by atoms with Gasteiger partial charge in [-0.2, -0.15) is 0 Å². The Morgan fingerprint density at radius 2 is 2.16 bits per heavy atom. The molecule has 0 amide bonds. The molecular formula is C15H16ClN3. The molecule has 19 heavy (non-hydrogen) atoms. The summed E-state index contributed by atoms with van der Waals surface area (Å²) in [6.07, 6.45) is 4.40. The predicted octanol–water partition coefficient (Wildman–Crippen LogP) is 2.63. The Bertz CT molecular complexity index is 585.